The Morgan fingerprint density at radius 3 is 2.95 bits per heavy atom. The quantitative estimate of drug-likeness (QED) is 0.783. The van der Waals surface area contributed by atoms with Crippen LogP contribution in [0.5, 0.6) is 0 Å². The Hall–Kier alpha value is -2.07. The molecular weight excluding hydrogens is 268 g/mol. The van der Waals surface area contributed by atoms with Crippen molar-refractivity contribution in [2.24, 2.45) is 0 Å². The molecule has 1 amide bonds. The molecule has 3 rings (SSSR count). The molecular formula is C16H16N2OS. The van der Waals surface area contributed by atoms with Crippen molar-refractivity contribution < 1.29 is 4.79 Å². The number of carbonyl (C=O) groups excluding carboxylic acids is 1. The normalized spacial score (nSPS) is 10.8. The first-order valence-corrected chi connectivity index (χ1v) is 7.48. The fourth-order valence-corrected chi connectivity index (χ4v) is 2.98. The molecule has 0 aliphatic carbocycles. The summed E-state index contributed by atoms with van der Waals surface area (Å²) in [4.78, 5) is 17.3. The third-order valence-corrected chi connectivity index (χ3v) is 4.17. The Morgan fingerprint density at radius 2 is 2.15 bits per heavy atom. The molecule has 3 nitrogen and oxygen atoms in total. The summed E-state index contributed by atoms with van der Waals surface area (Å²) in [5.74, 6) is 0.140. The summed E-state index contributed by atoms with van der Waals surface area (Å²) in [6.45, 7) is 0.671. The number of nitrogens with zero attached hydrogens (tertiary/aromatic N) is 1. The first-order chi connectivity index (χ1) is 9.74. The summed E-state index contributed by atoms with van der Waals surface area (Å²) in [7, 11) is 1.86. The number of H-pyrrole nitrogens is 1. The average Bonchev–Trinajstić information content (AvgIpc) is 3.09. The van der Waals surface area contributed by atoms with Gasteiger partial charge in [0.05, 0.1) is 6.42 Å². The standard InChI is InChI=1S/C16H16N2OS/c1-18(10-12-6-7-20-11-12)16(19)8-13-9-17-15-5-3-2-4-14(13)15/h2-7,9,11,17H,8,10H2,1H3. The molecule has 0 bridgehead atoms. The van der Waals surface area contributed by atoms with Crippen LogP contribution in [0, 0.1) is 0 Å². The molecule has 2 aromatic heterocycles. The largest absolute Gasteiger partial charge is 0.361 e. The Bertz CT molecular complexity index is 715. The second-order valence-corrected chi connectivity index (χ2v) is 5.70. The van der Waals surface area contributed by atoms with Crippen LogP contribution in [0.25, 0.3) is 10.9 Å². The van der Waals surface area contributed by atoms with Crippen molar-refractivity contribution in [1.29, 1.82) is 0 Å². The number of nitrogens with one attached hydrogen (secondary N) is 1. The summed E-state index contributed by atoms with van der Waals surface area (Å²) < 4.78 is 0. The number of thiophene rings is 1. The van der Waals surface area contributed by atoms with E-state index < -0.39 is 0 Å². The van der Waals surface area contributed by atoms with Crippen LogP contribution >= 0.6 is 11.3 Å². The minimum absolute atomic E-state index is 0.140. The van der Waals surface area contributed by atoms with Gasteiger partial charge < -0.3 is 9.88 Å². The predicted molar refractivity (Wildman–Crippen MR) is 82.8 cm³/mol. The van der Waals surface area contributed by atoms with Gasteiger partial charge in [-0.05, 0) is 34.0 Å². The maximum Gasteiger partial charge on any atom is 0.227 e. The highest BCUT2D eigenvalue weighted by molar-refractivity contribution is 7.07. The molecule has 1 N–H and O–H groups in total. The van der Waals surface area contributed by atoms with E-state index in [1.807, 2.05) is 42.9 Å². The second-order valence-electron chi connectivity index (χ2n) is 4.92. The van der Waals surface area contributed by atoms with Crippen molar-refractivity contribution in [3.63, 3.8) is 0 Å². The van der Waals surface area contributed by atoms with Crippen LogP contribution in [0.15, 0.2) is 47.3 Å². The van der Waals surface area contributed by atoms with Crippen LogP contribution in [-0.2, 0) is 17.8 Å². The number of amides is 1. The number of aromatic amines is 1. The molecule has 1 aromatic carbocycles. The molecule has 0 aliphatic rings. The van der Waals surface area contributed by atoms with Crippen molar-refractivity contribution in [2.45, 2.75) is 13.0 Å². The molecule has 4 heteroatoms. The number of aromatic nitrogens is 1. The van der Waals surface area contributed by atoms with Gasteiger partial charge in [0.15, 0.2) is 0 Å². The van der Waals surface area contributed by atoms with Gasteiger partial charge in [-0.1, -0.05) is 18.2 Å². The molecule has 0 radical (unpaired) electrons. The number of likely N-dealkylation sites (N-methyl/N-ethyl adjacent to an activating group) is 1. The summed E-state index contributed by atoms with van der Waals surface area (Å²) in [6, 6.07) is 10.1. The zero-order valence-electron chi connectivity index (χ0n) is 11.3. The fourth-order valence-electron chi connectivity index (χ4n) is 2.32. The fraction of sp³-hybridized carbons (Fsp3) is 0.188. The number of para-hydroxylation sites is 1. The molecule has 0 aliphatic heterocycles. The first-order valence-electron chi connectivity index (χ1n) is 6.54. The van der Waals surface area contributed by atoms with Gasteiger partial charge >= 0.3 is 0 Å². The van der Waals surface area contributed by atoms with Gasteiger partial charge in [-0.15, -0.1) is 0 Å². The highest BCUT2D eigenvalue weighted by Gasteiger charge is 2.13. The van der Waals surface area contributed by atoms with Crippen molar-refractivity contribution in [2.75, 3.05) is 7.05 Å². The van der Waals surface area contributed by atoms with Crippen molar-refractivity contribution in [3.8, 4) is 0 Å². The molecule has 2 heterocycles. The summed E-state index contributed by atoms with van der Waals surface area (Å²) >= 11 is 1.66. The molecule has 102 valence electrons. The molecule has 0 saturated carbocycles. The van der Waals surface area contributed by atoms with Crippen LogP contribution in [0.2, 0.25) is 0 Å². The van der Waals surface area contributed by atoms with Crippen molar-refractivity contribution >= 4 is 28.1 Å². The molecule has 0 spiro atoms. The van der Waals surface area contributed by atoms with Crippen LogP contribution in [0.3, 0.4) is 0 Å². The van der Waals surface area contributed by atoms with Gasteiger partial charge in [0.1, 0.15) is 0 Å². The number of hydrogen-bond donors (Lipinski definition) is 1. The number of hydrogen-bond acceptors (Lipinski definition) is 2. The van der Waals surface area contributed by atoms with E-state index in [1.54, 1.807) is 16.2 Å². The average molecular weight is 284 g/mol. The van der Waals surface area contributed by atoms with Crippen LogP contribution in [0.4, 0.5) is 0 Å². The third kappa shape index (κ3) is 2.60. The van der Waals surface area contributed by atoms with E-state index in [9.17, 15) is 4.79 Å². The number of carbonyl (C=O) groups is 1. The molecule has 0 saturated heterocycles. The summed E-state index contributed by atoms with van der Waals surface area (Å²) in [5, 5.41) is 5.24. The van der Waals surface area contributed by atoms with E-state index in [0.717, 1.165) is 16.5 Å². The maximum absolute atomic E-state index is 12.3. The minimum atomic E-state index is 0.140. The van der Waals surface area contributed by atoms with E-state index in [0.29, 0.717) is 13.0 Å². The lowest BCUT2D eigenvalue weighted by atomic mass is 10.1. The lowest BCUT2D eigenvalue weighted by Crippen LogP contribution is -2.27. The van der Waals surface area contributed by atoms with Crippen LogP contribution in [-0.4, -0.2) is 22.8 Å². The topological polar surface area (TPSA) is 36.1 Å². The molecule has 0 fully saturated rings. The molecule has 0 unspecified atom stereocenters. The van der Waals surface area contributed by atoms with E-state index in [1.165, 1.54) is 5.56 Å². The van der Waals surface area contributed by atoms with Crippen molar-refractivity contribution in [3.05, 3.63) is 58.4 Å². The monoisotopic (exact) mass is 284 g/mol. The lowest BCUT2D eigenvalue weighted by molar-refractivity contribution is -0.129. The van der Waals surface area contributed by atoms with Gasteiger partial charge in [0.2, 0.25) is 5.91 Å². The zero-order valence-corrected chi connectivity index (χ0v) is 12.1. The Kier molecular flexibility index (Phi) is 3.56. The first kappa shape index (κ1) is 12.9. The number of benzene rings is 1. The van der Waals surface area contributed by atoms with Crippen LogP contribution < -0.4 is 0 Å². The minimum Gasteiger partial charge on any atom is -0.361 e. The molecule has 20 heavy (non-hydrogen) atoms. The van der Waals surface area contributed by atoms with Gasteiger partial charge in [-0.2, -0.15) is 11.3 Å². The smallest absolute Gasteiger partial charge is 0.227 e. The Balaban J connectivity index is 1.72. The van der Waals surface area contributed by atoms with Crippen LogP contribution in [0.1, 0.15) is 11.1 Å². The summed E-state index contributed by atoms with van der Waals surface area (Å²) in [5.41, 5.74) is 3.32. The summed E-state index contributed by atoms with van der Waals surface area (Å²) in [6.07, 6.45) is 2.37. The van der Waals surface area contributed by atoms with E-state index in [-0.39, 0.29) is 5.91 Å². The van der Waals surface area contributed by atoms with Crippen molar-refractivity contribution in [1.82, 2.24) is 9.88 Å². The van der Waals surface area contributed by atoms with E-state index >= 15 is 0 Å². The number of fused-ring (bicyclic) bond motifs is 1. The van der Waals surface area contributed by atoms with Gasteiger partial charge in [0.25, 0.3) is 0 Å². The molecule has 0 atom stereocenters. The number of rotatable bonds is 4. The second kappa shape index (κ2) is 5.51. The SMILES string of the molecule is CN(Cc1ccsc1)C(=O)Cc1c[nH]c2ccccc12. The third-order valence-electron chi connectivity index (χ3n) is 3.44. The highest BCUT2D eigenvalue weighted by atomic mass is 32.1. The van der Waals surface area contributed by atoms with Gasteiger partial charge in [0, 0.05) is 30.7 Å². The van der Waals surface area contributed by atoms with E-state index in [4.69, 9.17) is 0 Å². The lowest BCUT2D eigenvalue weighted by Gasteiger charge is -2.16. The van der Waals surface area contributed by atoms with Gasteiger partial charge in [-0.25, -0.2) is 0 Å². The Labute approximate surface area is 121 Å². The maximum atomic E-state index is 12.3. The Morgan fingerprint density at radius 1 is 1.30 bits per heavy atom. The highest BCUT2D eigenvalue weighted by Crippen LogP contribution is 2.19. The van der Waals surface area contributed by atoms with E-state index in [2.05, 4.69) is 16.4 Å². The predicted octanol–water partition coefficient (Wildman–Crippen LogP) is 3.43. The van der Waals surface area contributed by atoms with Gasteiger partial charge in [-0.3, -0.25) is 4.79 Å². The zero-order chi connectivity index (χ0) is 13.9. The molecule has 3 aromatic rings.